The molecule has 1 aromatic carbocycles. The zero-order valence-corrected chi connectivity index (χ0v) is 8.77. The molecule has 0 aliphatic heterocycles. The lowest BCUT2D eigenvalue weighted by Crippen LogP contribution is -1.94. The molecule has 78 valence electrons. The number of hydrogen-bond acceptors (Lipinski definition) is 2. The fourth-order valence-electron chi connectivity index (χ4n) is 1.11. The van der Waals surface area contributed by atoms with E-state index in [1.807, 2.05) is 24.3 Å². The minimum Gasteiger partial charge on any atom is -0.489 e. The maximum absolute atomic E-state index is 10.8. The van der Waals surface area contributed by atoms with E-state index < -0.39 is 0 Å². The van der Waals surface area contributed by atoms with Crippen LogP contribution in [-0.2, 0) is 4.79 Å². The van der Waals surface area contributed by atoms with Crippen molar-refractivity contribution in [3.05, 3.63) is 48.6 Å². The number of rotatable bonds is 5. The van der Waals surface area contributed by atoms with E-state index in [1.165, 1.54) is 13.0 Å². The molecule has 0 bridgehead atoms. The molecule has 0 aromatic heterocycles. The van der Waals surface area contributed by atoms with E-state index in [9.17, 15) is 4.79 Å². The summed E-state index contributed by atoms with van der Waals surface area (Å²) < 4.78 is 5.44. The van der Waals surface area contributed by atoms with Gasteiger partial charge in [-0.15, -0.1) is 0 Å². The van der Waals surface area contributed by atoms with Gasteiger partial charge in [0.05, 0.1) is 0 Å². The lowest BCUT2D eigenvalue weighted by atomic mass is 10.2. The van der Waals surface area contributed by atoms with Gasteiger partial charge in [0.1, 0.15) is 12.4 Å². The van der Waals surface area contributed by atoms with Crippen molar-refractivity contribution in [3.8, 4) is 5.75 Å². The summed E-state index contributed by atoms with van der Waals surface area (Å²) in [4.78, 5) is 10.8. The predicted octanol–water partition coefficient (Wildman–Crippen LogP) is 2.85. The van der Waals surface area contributed by atoms with Crippen LogP contribution in [0.25, 0.3) is 6.08 Å². The first-order valence-corrected chi connectivity index (χ1v) is 4.75. The summed E-state index contributed by atoms with van der Waals surface area (Å²) in [6.45, 7) is 5.56. The van der Waals surface area contributed by atoms with Gasteiger partial charge in [0.25, 0.3) is 0 Å². The number of carbonyl (C=O) groups is 1. The Kier molecular flexibility index (Phi) is 4.35. The van der Waals surface area contributed by atoms with Gasteiger partial charge in [-0.1, -0.05) is 30.9 Å². The first-order valence-electron chi connectivity index (χ1n) is 4.75. The van der Waals surface area contributed by atoms with Crippen molar-refractivity contribution >= 4 is 11.9 Å². The Morgan fingerprint density at radius 1 is 1.47 bits per heavy atom. The van der Waals surface area contributed by atoms with Crippen LogP contribution < -0.4 is 4.74 Å². The van der Waals surface area contributed by atoms with Crippen LogP contribution in [0.1, 0.15) is 12.5 Å². The molecule has 15 heavy (non-hydrogen) atoms. The minimum atomic E-state index is 0.0218. The average molecular weight is 202 g/mol. The highest BCUT2D eigenvalue weighted by molar-refractivity contribution is 5.91. The van der Waals surface area contributed by atoms with Crippen LogP contribution in [0.2, 0.25) is 0 Å². The number of ether oxygens (including phenoxy) is 1. The Labute approximate surface area is 89.9 Å². The topological polar surface area (TPSA) is 26.3 Å². The highest BCUT2D eigenvalue weighted by Crippen LogP contribution is 2.19. The molecule has 0 aliphatic carbocycles. The van der Waals surface area contributed by atoms with Gasteiger partial charge in [0, 0.05) is 5.56 Å². The summed E-state index contributed by atoms with van der Waals surface area (Å²) in [7, 11) is 0. The molecular formula is C13H14O2. The zero-order valence-electron chi connectivity index (χ0n) is 8.77. The molecule has 1 aromatic rings. The number of ketones is 1. The fraction of sp³-hybridized carbons (Fsp3) is 0.154. The summed E-state index contributed by atoms with van der Waals surface area (Å²) in [6, 6.07) is 7.56. The minimum absolute atomic E-state index is 0.0218. The molecule has 2 nitrogen and oxygen atoms in total. The molecule has 0 heterocycles. The van der Waals surface area contributed by atoms with Gasteiger partial charge in [-0.25, -0.2) is 0 Å². The lowest BCUT2D eigenvalue weighted by molar-refractivity contribution is -0.112. The van der Waals surface area contributed by atoms with Gasteiger partial charge >= 0.3 is 0 Å². The number of allylic oxidation sites excluding steroid dienone is 1. The van der Waals surface area contributed by atoms with E-state index in [0.29, 0.717) is 6.61 Å². The molecular weight excluding hydrogens is 188 g/mol. The maximum atomic E-state index is 10.8. The second kappa shape index (κ2) is 5.81. The van der Waals surface area contributed by atoms with Crippen molar-refractivity contribution in [3.63, 3.8) is 0 Å². The van der Waals surface area contributed by atoms with E-state index in [1.54, 1.807) is 12.2 Å². The van der Waals surface area contributed by atoms with Crippen LogP contribution in [0, 0.1) is 0 Å². The third-order valence-electron chi connectivity index (χ3n) is 1.77. The lowest BCUT2D eigenvalue weighted by Gasteiger charge is -2.06. The normalized spacial score (nSPS) is 10.2. The van der Waals surface area contributed by atoms with E-state index in [2.05, 4.69) is 6.58 Å². The predicted molar refractivity (Wildman–Crippen MR) is 61.8 cm³/mol. The molecule has 0 fully saturated rings. The molecule has 1 rings (SSSR count). The molecule has 0 saturated heterocycles. The SMILES string of the molecule is C=CCOc1ccccc1C=CC(C)=O. The van der Waals surface area contributed by atoms with Crippen LogP contribution >= 0.6 is 0 Å². The zero-order chi connectivity index (χ0) is 11.1. The number of para-hydroxylation sites is 1. The smallest absolute Gasteiger partial charge is 0.152 e. The average Bonchev–Trinajstić information content (AvgIpc) is 2.24. The molecule has 0 saturated carbocycles. The first kappa shape index (κ1) is 11.2. The van der Waals surface area contributed by atoms with Crippen LogP contribution in [0.5, 0.6) is 5.75 Å². The van der Waals surface area contributed by atoms with Crippen LogP contribution in [0.3, 0.4) is 0 Å². The van der Waals surface area contributed by atoms with E-state index >= 15 is 0 Å². The van der Waals surface area contributed by atoms with Crippen molar-refractivity contribution in [2.75, 3.05) is 6.61 Å². The summed E-state index contributed by atoms with van der Waals surface area (Å²) >= 11 is 0. The largest absolute Gasteiger partial charge is 0.489 e. The van der Waals surface area contributed by atoms with E-state index in [-0.39, 0.29) is 5.78 Å². The van der Waals surface area contributed by atoms with Crippen molar-refractivity contribution in [1.29, 1.82) is 0 Å². The van der Waals surface area contributed by atoms with E-state index in [4.69, 9.17) is 4.74 Å². The van der Waals surface area contributed by atoms with Gasteiger partial charge in [-0.05, 0) is 25.1 Å². The summed E-state index contributed by atoms with van der Waals surface area (Å²) in [5.74, 6) is 0.781. The molecule has 0 N–H and O–H groups in total. The van der Waals surface area contributed by atoms with Crippen molar-refractivity contribution in [2.24, 2.45) is 0 Å². The molecule has 0 aliphatic rings. The van der Waals surface area contributed by atoms with Crippen molar-refractivity contribution in [1.82, 2.24) is 0 Å². The van der Waals surface area contributed by atoms with Crippen LogP contribution in [0.4, 0.5) is 0 Å². The Hall–Kier alpha value is -1.83. The summed E-state index contributed by atoms with van der Waals surface area (Å²) in [5.41, 5.74) is 0.898. The monoisotopic (exact) mass is 202 g/mol. The maximum Gasteiger partial charge on any atom is 0.152 e. The highest BCUT2D eigenvalue weighted by atomic mass is 16.5. The standard InChI is InChI=1S/C13H14O2/c1-3-10-15-13-7-5-4-6-12(13)9-8-11(2)14/h3-9H,1,10H2,2H3. The van der Waals surface area contributed by atoms with E-state index in [0.717, 1.165) is 11.3 Å². The summed E-state index contributed by atoms with van der Waals surface area (Å²) in [6.07, 6.45) is 4.96. The van der Waals surface area contributed by atoms with Gasteiger partial charge < -0.3 is 4.74 Å². The molecule has 0 atom stereocenters. The molecule has 0 spiro atoms. The third kappa shape index (κ3) is 3.81. The molecule has 0 unspecified atom stereocenters. The third-order valence-corrected chi connectivity index (χ3v) is 1.77. The van der Waals surface area contributed by atoms with Gasteiger partial charge in [-0.3, -0.25) is 4.79 Å². The summed E-state index contributed by atoms with van der Waals surface area (Å²) in [5, 5.41) is 0. The van der Waals surface area contributed by atoms with Gasteiger partial charge in [-0.2, -0.15) is 0 Å². The molecule has 2 heteroatoms. The Bertz CT molecular complexity index is 378. The quantitative estimate of drug-likeness (QED) is 0.542. The number of carbonyl (C=O) groups excluding carboxylic acids is 1. The van der Waals surface area contributed by atoms with Crippen LogP contribution in [0.15, 0.2) is 43.0 Å². The first-order chi connectivity index (χ1) is 7.24. The Balaban J connectivity index is 2.85. The van der Waals surface area contributed by atoms with Crippen molar-refractivity contribution in [2.45, 2.75) is 6.92 Å². The number of benzene rings is 1. The molecule has 0 radical (unpaired) electrons. The number of hydrogen-bond donors (Lipinski definition) is 0. The van der Waals surface area contributed by atoms with Gasteiger partial charge in [0.2, 0.25) is 0 Å². The fourth-order valence-corrected chi connectivity index (χ4v) is 1.11. The van der Waals surface area contributed by atoms with Crippen LogP contribution in [-0.4, -0.2) is 12.4 Å². The highest BCUT2D eigenvalue weighted by Gasteiger charge is 1.98. The Morgan fingerprint density at radius 3 is 2.87 bits per heavy atom. The second-order valence-electron chi connectivity index (χ2n) is 3.08. The van der Waals surface area contributed by atoms with Crippen molar-refractivity contribution < 1.29 is 9.53 Å². The van der Waals surface area contributed by atoms with Gasteiger partial charge in [0.15, 0.2) is 5.78 Å². The molecule has 0 amide bonds. The Morgan fingerprint density at radius 2 is 2.20 bits per heavy atom. The second-order valence-corrected chi connectivity index (χ2v) is 3.08.